The highest BCUT2D eigenvalue weighted by Crippen LogP contribution is 2.25. The molecule has 0 saturated carbocycles. The summed E-state index contributed by atoms with van der Waals surface area (Å²) in [6.07, 6.45) is 1.60. The SMILES string of the molecule is Cc1nc(-c2coc(=S)[nH]2)c(C)s1. The summed E-state index contributed by atoms with van der Waals surface area (Å²) in [5, 5.41) is 1.05. The van der Waals surface area contributed by atoms with Crippen molar-refractivity contribution in [3.05, 3.63) is 21.0 Å². The summed E-state index contributed by atoms with van der Waals surface area (Å²) >= 11 is 6.50. The van der Waals surface area contributed by atoms with Gasteiger partial charge in [0, 0.05) is 4.88 Å². The molecule has 1 N–H and O–H groups in total. The van der Waals surface area contributed by atoms with Gasteiger partial charge < -0.3 is 9.40 Å². The lowest BCUT2D eigenvalue weighted by molar-refractivity contribution is 0.541. The maximum Gasteiger partial charge on any atom is 0.266 e. The van der Waals surface area contributed by atoms with Crippen LogP contribution in [0.3, 0.4) is 0 Å². The van der Waals surface area contributed by atoms with E-state index < -0.39 is 0 Å². The third-order valence-electron chi connectivity index (χ3n) is 1.68. The molecule has 2 aromatic rings. The average Bonchev–Trinajstić information content (AvgIpc) is 2.58. The Kier molecular flexibility index (Phi) is 2.05. The molecule has 2 rings (SSSR count). The van der Waals surface area contributed by atoms with Gasteiger partial charge in [-0.15, -0.1) is 11.3 Å². The Morgan fingerprint density at radius 1 is 1.54 bits per heavy atom. The maximum atomic E-state index is 5.01. The van der Waals surface area contributed by atoms with E-state index in [1.807, 2.05) is 13.8 Å². The molecule has 0 saturated heterocycles. The van der Waals surface area contributed by atoms with E-state index in [2.05, 4.69) is 9.97 Å². The number of oxazole rings is 1. The third kappa shape index (κ3) is 1.57. The van der Waals surface area contributed by atoms with Gasteiger partial charge in [-0.05, 0) is 26.1 Å². The first-order valence-corrected chi connectivity index (χ1v) is 5.01. The van der Waals surface area contributed by atoms with E-state index in [1.54, 1.807) is 17.6 Å². The minimum Gasteiger partial charge on any atom is -0.437 e. The van der Waals surface area contributed by atoms with Gasteiger partial charge in [-0.2, -0.15) is 0 Å². The smallest absolute Gasteiger partial charge is 0.266 e. The Bertz CT molecular complexity index is 480. The van der Waals surface area contributed by atoms with Gasteiger partial charge in [0.05, 0.1) is 5.01 Å². The minimum absolute atomic E-state index is 0.389. The van der Waals surface area contributed by atoms with Crippen LogP contribution in [-0.4, -0.2) is 9.97 Å². The second-order valence-electron chi connectivity index (χ2n) is 2.70. The van der Waals surface area contributed by atoms with Crippen LogP contribution in [0.15, 0.2) is 10.7 Å². The summed E-state index contributed by atoms with van der Waals surface area (Å²) in [6, 6.07) is 0. The Labute approximate surface area is 84.5 Å². The fourth-order valence-corrected chi connectivity index (χ4v) is 2.17. The lowest BCUT2D eigenvalue weighted by Crippen LogP contribution is -1.79. The quantitative estimate of drug-likeness (QED) is 0.739. The average molecular weight is 212 g/mol. The summed E-state index contributed by atoms with van der Waals surface area (Å²) in [4.78, 5) is 8.87. The molecule has 0 aromatic carbocycles. The summed E-state index contributed by atoms with van der Waals surface area (Å²) in [5.74, 6) is 0. The molecule has 0 aliphatic heterocycles. The molecule has 0 amide bonds. The predicted molar refractivity (Wildman–Crippen MR) is 54.5 cm³/mol. The number of aryl methyl sites for hydroxylation is 2. The molecule has 0 unspecified atom stereocenters. The van der Waals surface area contributed by atoms with Crippen LogP contribution in [0, 0.1) is 18.7 Å². The lowest BCUT2D eigenvalue weighted by Gasteiger charge is -1.89. The molecule has 0 bridgehead atoms. The van der Waals surface area contributed by atoms with E-state index in [9.17, 15) is 0 Å². The molecule has 68 valence electrons. The van der Waals surface area contributed by atoms with Crippen LogP contribution in [0.4, 0.5) is 0 Å². The van der Waals surface area contributed by atoms with Gasteiger partial charge in [0.25, 0.3) is 4.84 Å². The zero-order valence-corrected chi connectivity index (χ0v) is 8.88. The highest BCUT2D eigenvalue weighted by atomic mass is 32.1. The van der Waals surface area contributed by atoms with E-state index in [4.69, 9.17) is 16.6 Å². The molecule has 5 heteroatoms. The first-order chi connectivity index (χ1) is 6.16. The van der Waals surface area contributed by atoms with Crippen LogP contribution >= 0.6 is 23.6 Å². The molecule has 0 spiro atoms. The third-order valence-corrected chi connectivity index (χ3v) is 2.76. The number of thiazole rings is 1. The Hall–Kier alpha value is -0.940. The molecule has 3 nitrogen and oxygen atoms in total. The van der Waals surface area contributed by atoms with Crippen molar-refractivity contribution in [3.8, 4) is 11.4 Å². The topological polar surface area (TPSA) is 41.8 Å². The van der Waals surface area contributed by atoms with E-state index >= 15 is 0 Å². The van der Waals surface area contributed by atoms with Crippen molar-refractivity contribution in [2.24, 2.45) is 0 Å². The lowest BCUT2D eigenvalue weighted by atomic mass is 10.3. The largest absolute Gasteiger partial charge is 0.437 e. The Balaban J connectivity index is 2.57. The first kappa shape index (κ1) is 8.65. The molecule has 2 aromatic heterocycles. The predicted octanol–water partition coefficient (Wildman–Crippen LogP) is 3.08. The van der Waals surface area contributed by atoms with Crippen molar-refractivity contribution in [3.63, 3.8) is 0 Å². The molecule has 0 atom stereocenters. The van der Waals surface area contributed by atoms with E-state index in [0.717, 1.165) is 16.4 Å². The molecule has 0 fully saturated rings. The maximum absolute atomic E-state index is 5.01. The van der Waals surface area contributed by atoms with Gasteiger partial charge in [-0.1, -0.05) is 0 Å². The number of nitrogens with one attached hydrogen (secondary N) is 1. The molecule has 0 aliphatic carbocycles. The highest BCUT2D eigenvalue weighted by Gasteiger charge is 2.08. The molecular weight excluding hydrogens is 204 g/mol. The van der Waals surface area contributed by atoms with E-state index in [1.165, 1.54) is 4.88 Å². The zero-order valence-electron chi connectivity index (χ0n) is 7.25. The number of aromatic amines is 1. The van der Waals surface area contributed by atoms with E-state index in [0.29, 0.717) is 4.84 Å². The molecular formula is C8H8N2OS2. The molecule has 13 heavy (non-hydrogen) atoms. The Morgan fingerprint density at radius 2 is 2.31 bits per heavy atom. The highest BCUT2D eigenvalue weighted by molar-refractivity contribution is 7.71. The van der Waals surface area contributed by atoms with Gasteiger partial charge in [0.2, 0.25) is 0 Å². The summed E-state index contributed by atoms with van der Waals surface area (Å²) in [7, 11) is 0. The molecule has 2 heterocycles. The normalized spacial score (nSPS) is 10.6. The van der Waals surface area contributed by atoms with Crippen LogP contribution in [0.5, 0.6) is 0 Å². The number of aromatic nitrogens is 2. The number of H-pyrrole nitrogens is 1. The van der Waals surface area contributed by atoms with Gasteiger partial charge in [0.1, 0.15) is 17.7 Å². The van der Waals surface area contributed by atoms with Crippen LogP contribution < -0.4 is 0 Å². The van der Waals surface area contributed by atoms with Gasteiger partial charge in [-0.25, -0.2) is 4.98 Å². The minimum atomic E-state index is 0.389. The Morgan fingerprint density at radius 3 is 2.77 bits per heavy atom. The monoisotopic (exact) mass is 212 g/mol. The van der Waals surface area contributed by atoms with Crippen LogP contribution in [0.2, 0.25) is 0 Å². The summed E-state index contributed by atoms with van der Waals surface area (Å²) < 4.78 is 5.01. The van der Waals surface area contributed by atoms with Crippen molar-refractivity contribution >= 4 is 23.6 Å². The summed E-state index contributed by atoms with van der Waals surface area (Å²) in [6.45, 7) is 4.01. The number of rotatable bonds is 1. The van der Waals surface area contributed by atoms with Crippen LogP contribution in [-0.2, 0) is 0 Å². The van der Waals surface area contributed by atoms with Crippen LogP contribution in [0.25, 0.3) is 11.4 Å². The van der Waals surface area contributed by atoms with Gasteiger partial charge in [0.15, 0.2) is 0 Å². The van der Waals surface area contributed by atoms with Crippen molar-refractivity contribution in [1.82, 2.24) is 9.97 Å². The standard InChI is InChI=1S/C8H8N2OS2/c1-4-7(9-5(2)13-4)6-3-11-8(12)10-6/h3H,1-2H3,(H,10,12). The first-order valence-electron chi connectivity index (χ1n) is 3.79. The molecule has 0 radical (unpaired) electrons. The second-order valence-corrected chi connectivity index (χ2v) is 4.48. The number of nitrogens with zero attached hydrogens (tertiary/aromatic N) is 1. The second kappa shape index (κ2) is 3.08. The molecule has 0 aliphatic rings. The van der Waals surface area contributed by atoms with Crippen molar-refractivity contribution in [2.75, 3.05) is 0 Å². The van der Waals surface area contributed by atoms with Crippen molar-refractivity contribution in [2.45, 2.75) is 13.8 Å². The fourth-order valence-electron chi connectivity index (χ4n) is 1.18. The number of hydrogen-bond donors (Lipinski definition) is 1. The van der Waals surface area contributed by atoms with Gasteiger partial charge in [-0.3, -0.25) is 0 Å². The number of hydrogen-bond acceptors (Lipinski definition) is 4. The fraction of sp³-hybridized carbons (Fsp3) is 0.250. The van der Waals surface area contributed by atoms with Crippen LogP contribution in [0.1, 0.15) is 9.88 Å². The van der Waals surface area contributed by atoms with Gasteiger partial charge >= 0.3 is 0 Å². The van der Waals surface area contributed by atoms with Crippen molar-refractivity contribution in [1.29, 1.82) is 0 Å². The van der Waals surface area contributed by atoms with E-state index in [-0.39, 0.29) is 0 Å². The summed E-state index contributed by atoms with van der Waals surface area (Å²) in [5.41, 5.74) is 1.79. The zero-order chi connectivity index (χ0) is 9.42. The van der Waals surface area contributed by atoms with Crippen molar-refractivity contribution < 1.29 is 4.42 Å².